The molecule has 2 aliphatic heterocycles. The molecule has 2 unspecified atom stereocenters. The Bertz CT molecular complexity index is 525. The second-order valence-electron chi connectivity index (χ2n) is 4.10. The van der Waals surface area contributed by atoms with Crippen LogP contribution in [0, 0.1) is 16.9 Å². The van der Waals surface area contributed by atoms with Gasteiger partial charge in [0.15, 0.2) is 18.4 Å². The molecular weight excluding hydrogens is 280 g/mol. The lowest BCUT2D eigenvalue weighted by molar-refractivity contribution is -0.122. The molecule has 0 aliphatic carbocycles. The van der Waals surface area contributed by atoms with E-state index in [2.05, 4.69) is 25.9 Å². The third-order valence-electron chi connectivity index (χ3n) is 2.67. The number of aliphatic imine (C=N–C) groups is 2. The number of aliphatic hydroxyl groups is 1. The topological polar surface area (TPSA) is 158 Å². The number of nitriles is 1. The molecule has 2 aliphatic rings. The Labute approximate surface area is 119 Å². The molecule has 0 radical (unpaired) electrons. The standard InChI is InChI=1S/C10H14N8O3/c11-3-13-9(12)17-10-15-7-6(8(20)16-10)14-4-18(7)5-21-2-1-19/h4,6-7,19H,1-2,5H2,(H4,12,13,15,16,17,20). The third-order valence-corrected chi connectivity index (χ3v) is 2.67. The van der Waals surface area contributed by atoms with Crippen molar-refractivity contribution in [2.24, 2.45) is 9.98 Å². The fourth-order valence-electron chi connectivity index (χ4n) is 1.80. The van der Waals surface area contributed by atoms with Crippen molar-refractivity contribution < 1.29 is 14.6 Å². The highest BCUT2D eigenvalue weighted by Crippen LogP contribution is 2.17. The van der Waals surface area contributed by atoms with E-state index in [0.717, 1.165) is 0 Å². The number of aliphatic hydroxyl groups excluding tert-OH is 1. The van der Waals surface area contributed by atoms with E-state index in [0.29, 0.717) is 0 Å². The van der Waals surface area contributed by atoms with Crippen LogP contribution in [0.5, 0.6) is 0 Å². The van der Waals surface area contributed by atoms with Gasteiger partial charge in [0.2, 0.25) is 11.9 Å². The minimum Gasteiger partial charge on any atom is -0.394 e. The molecule has 0 fully saturated rings. The Hall–Kier alpha value is -2.71. The SMILES string of the molecule is N#CNC(=N)NC1=NC2C(N=CN2COCCO)C(=O)N1. The van der Waals surface area contributed by atoms with Gasteiger partial charge in [0.05, 0.1) is 19.6 Å². The molecule has 0 spiro atoms. The van der Waals surface area contributed by atoms with Gasteiger partial charge >= 0.3 is 0 Å². The number of fused-ring (bicyclic) bond motifs is 1. The highest BCUT2D eigenvalue weighted by Gasteiger charge is 2.39. The van der Waals surface area contributed by atoms with Crippen LogP contribution in [0.4, 0.5) is 0 Å². The largest absolute Gasteiger partial charge is 0.394 e. The highest BCUT2D eigenvalue weighted by atomic mass is 16.5. The molecule has 11 heteroatoms. The summed E-state index contributed by atoms with van der Waals surface area (Å²) in [6.45, 7) is 0.190. The van der Waals surface area contributed by atoms with E-state index in [-0.39, 0.29) is 37.8 Å². The summed E-state index contributed by atoms with van der Waals surface area (Å²) in [7, 11) is 0. The first-order valence-electron chi connectivity index (χ1n) is 6.02. The number of rotatable bonds is 4. The lowest BCUT2D eigenvalue weighted by Crippen LogP contribution is -2.57. The van der Waals surface area contributed by atoms with Crippen molar-refractivity contribution in [3.8, 4) is 6.19 Å². The number of hydrogen-bond acceptors (Lipinski definition) is 8. The van der Waals surface area contributed by atoms with Crippen molar-refractivity contribution >= 4 is 24.2 Å². The average Bonchev–Trinajstić information content (AvgIpc) is 2.83. The van der Waals surface area contributed by atoms with Gasteiger partial charge in [-0.25, -0.2) is 4.99 Å². The van der Waals surface area contributed by atoms with Crippen LogP contribution in [-0.2, 0) is 9.53 Å². The molecule has 0 aromatic carbocycles. The predicted octanol–water partition coefficient (Wildman–Crippen LogP) is -2.93. The van der Waals surface area contributed by atoms with Crippen molar-refractivity contribution in [2.75, 3.05) is 19.9 Å². The van der Waals surface area contributed by atoms with E-state index in [1.807, 2.05) is 0 Å². The van der Waals surface area contributed by atoms with Gasteiger partial charge in [-0.3, -0.25) is 31.1 Å². The van der Waals surface area contributed by atoms with Crippen LogP contribution >= 0.6 is 0 Å². The molecular formula is C10H14N8O3. The van der Waals surface area contributed by atoms with Gasteiger partial charge in [0.1, 0.15) is 6.73 Å². The van der Waals surface area contributed by atoms with Crippen LogP contribution in [0.1, 0.15) is 0 Å². The number of ether oxygens (including phenoxy) is 1. The zero-order chi connectivity index (χ0) is 15.2. The van der Waals surface area contributed by atoms with Crippen molar-refractivity contribution in [3.63, 3.8) is 0 Å². The summed E-state index contributed by atoms with van der Waals surface area (Å²) in [5.74, 6) is -0.633. The minimum absolute atomic E-state index is 0.0478. The first-order valence-corrected chi connectivity index (χ1v) is 6.02. The average molecular weight is 294 g/mol. The Balaban J connectivity index is 2.02. The zero-order valence-electron chi connectivity index (χ0n) is 10.9. The second kappa shape index (κ2) is 6.64. The van der Waals surface area contributed by atoms with Gasteiger partial charge in [0, 0.05) is 0 Å². The minimum atomic E-state index is -0.689. The Kier molecular flexibility index (Phi) is 4.64. The van der Waals surface area contributed by atoms with Gasteiger partial charge in [-0.05, 0) is 0 Å². The zero-order valence-corrected chi connectivity index (χ0v) is 10.9. The van der Waals surface area contributed by atoms with E-state index >= 15 is 0 Å². The third kappa shape index (κ3) is 3.44. The summed E-state index contributed by atoms with van der Waals surface area (Å²) in [5.41, 5.74) is 0. The number of carbonyl (C=O) groups excluding carboxylic acids is 1. The Morgan fingerprint density at radius 2 is 2.52 bits per heavy atom. The molecule has 0 bridgehead atoms. The number of amides is 1. The molecule has 2 heterocycles. The summed E-state index contributed by atoms with van der Waals surface area (Å²) in [6.07, 6.45) is 2.44. The fraction of sp³-hybridized carbons (Fsp3) is 0.500. The molecule has 0 saturated carbocycles. The van der Waals surface area contributed by atoms with Crippen LogP contribution in [0.25, 0.3) is 0 Å². The van der Waals surface area contributed by atoms with Gasteiger partial charge in [0.25, 0.3) is 5.91 Å². The van der Waals surface area contributed by atoms with Crippen LogP contribution in [0.15, 0.2) is 9.98 Å². The van der Waals surface area contributed by atoms with Crippen molar-refractivity contribution in [1.29, 1.82) is 10.7 Å². The fourth-order valence-corrected chi connectivity index (χ4v) is 1.80. The molecule has 1 amide bonds. The highest BCUT2D eigenvalue weighted by molar-refractivity contribution is 6.08. The van der Waals surface area contributed by atoms with E-state index in [4.69, 9.17) is 20.5 Å². The van der Waals surface area contributed by atoms with Crippen LogP contribution < -0.4 is 16.0 Å². The summed E-state index contributed by atoms with van der Waals surface area (Å²) in [5, 5.41) is 31.4. The van der Waals surface area contributed by atoms with Crippen LogP contribution in [-0.4, -0.2) is 66.3 Å². The van der Waals surface area contributed by atoms with Crippen molar-refractivity contribution in [1.82, 2.24) is 20.9 Å². The Morgan fingerprint density at radius 1 is 1.71 bits per heavy atom. The van der Waals surface area contributed by atoms with E-state index in [9.17, 15) is 4.79 Å². The number of nitrogens with zero attached hydrogens (tertiary/aromatic N) is 4. The number of nitrogens with one attached hydrogen (secondary N) is 4. The molecule has 112 valence electrons. The maximum atomic E-state index is 11.9. The quantitative estimate of drug-likeness (QED) is 0.122. The molecule has 21 heavy (non-hydrogen) atoms. The van der Waals surface area contributed by atoms with Gasteiger partial charge in [-0.15, -0.1) is 0 Å². The molecule has 2 atom stereocenters. The smallest absolute Gasteiger partial charge is 0.255 e. The second-order valence-corrected chi connectivity index (χ2v) is 4.10. The monoisotopic (exact) mass is 294 g/mol. The van der Waals surface area contributed by atoms with Crippen molar-refractivity contribution in [3.05, 3.63) is 0 Å². The molecule has 0 aromatic rings. The number of hydrogen-bond donors (Lipinski definition) is 5. The first-order chi connectivity index (χ1) is 10.2. The lowest BCUT2D eigenvalue weighted by Gasteiger charge is -2.28. The van der Waals surface area contributed by atoms with Crippen molar-refractivity contribution in [2.45, 2.75) is 12.2 Å². The first kappa shape index (κ1) is 14.7. The van der Waals surface area contributed by atoms with Gasteiger partial charge in [-0.2, -0.15) is 5.26 Å². The number of carbonyl (C=O) groups is 1. The molecule has 5 N–H and O–H groups in total. The van der Waals surface area contributed by atoms with E-state index < -0.39 is 12.2 Å². The summed E-state index contributed by atoms with van der Waals surface area (Å²) >= 11 is 0. The molecule has 11 nitrogen and oxygen atoms in total. The van der Waals surface area contributed by atoms with E-state index in [1.54, 1.807) is 11.1 Å². The normalized spacial score (nSPS) is 23.0. The van der Waals surface area contributed by atoms with Gasteiger partial charge in [-0.1, -0.05) is 0 Å². The van der Waals surface area contributed by atoms with Crippen LogP contribution in [0.3, 0.4) is 0 Å². The maximum Gasteiger partial charge on any atom is 0.255 e. The molecule has 2 rings (SSSR count). The Morgan fingerprint density at radius 3 is 3.24 bits per heavy atom. The summed E-state index contributed by atoms with van der Waals surface area (Å²) < 4.78 is 5.17. The predicted molar refractivity (Wildman–Crippen MR) is 71.0 cm³/mol. The maximum absolute atomic E-state index is 11.9. The number of guanidine groups is 2. The van der Waals surface area contributed by atoms with E-state index in [1.165, 1.54) is 6.34 Å². The molecule has 0 saturated heterocycles. The lowest BCUT2D eigenvalue weighted by atomic mass is 10.2. The molecule has 0 aromatic heterocycles. The van der Waals surface area contributed by atoms with Crippen LogP contribution in [0.2, 0.25) is 0 Å². The summed E-state index contributed by atoms with van der Waals surface area (Å²) in [4.78, 5) is 21.7. The van der Waals surface area contributed by atoms with Gasteiger partial charge < -0.3 is 14.7 Å². The summed E-state index contributed by atoms with van der Waals surface area (Å²) in [6, 6.07) is -0.689.